The number of ether oxygens (including phenoxy) is 2. The fraction of sp³-hybridized carbons (Fsp3) is 0.381. The molecule has 0 saturated carbocycles. The van der Waals surface area contributed by atoms with Gasteiger partial charge in [-0.1, -0.05) is 43.0 Å². The molecule has 8 nitrogen and oxygen atoms in total. The fourth-order valence-corrected chi connectivity index (χ4v) is 2.66. The minimum atomic E-state index is -0.821. The molecule has 0 fully saturated rings. The Hall–Kier alpha value is -3.29. The van der Waals surface area contributed by atoms with Crippen LogP contribution < -0.4 is 5.43 Å². The smallest absolute Gasteiger partial charge is 0.429 e. The maximum atomic E-state index is 12.8. The first-order valence-electron chi connectivity index (χ1n) is 9.29. The Balaban J connectivity index is 2.13. The number of nitrogens with one attached hydrogen (secondary N) is 1. The Morgan fingerprint density at radius 2 is 1.97 bits per heavy atom. The van der Waals surface area contributed by atoms with E-state index in [0.29, 0.717) is 12.1 Å². The highest BCUT2D eigenvalue weighted by atomic mass is 16.6. The lowest BCUT2D eigenvalue weighted by Crippen LogP contribution is -2.53. The Morgan fingerprint density at radius 3 is 2.59 bits per heavy atom. The van der Waals surface area contributed by atoms with Gasteiger partial charge in [-0.05, 0) is 32.9 Å². The molecule has 0 bridgehead atoms. The molecular formula is C21H27N3O5. The normalized spacial score (nSPS) is 15.6. The zero-order valence-electron chi connectivity index (χ0n) is 17.0. The van der Waals surface area contributed by atoms with Crippen LogP contribution in [0.25, 0.3) is 0 Å². The predicted molar refractivity (Wildman–Crippen MR) is 108 cm³/mol. The van der Waals surface area contributed by atoms with E-state index < -0.39 is 23.8 Å². The van der Waals surface area contributed by atoms with Gasteiger partial charge in [-0.15, -0.1) is 0 Å². The molecule has 3 amide bonds. The summed E-state index contributed by atoms with van der Waals surface area (Å²) in [5, 5.41) is 1.02. The van der Waals surface area contributed by atoms with E-state index in [4.69, 9.17) is 9.47 Å². The summed E-state index contributed by atoms with van der Waals surface area (Å²) in [7, 11) is 0. The third-order valence-corrected chi connectivity index (χ3v) is 3.88. The van der Waals surface area contributed by atoms with E-state index in [1.54, 1.807) is 49.9 Å². The van der Waals surface area contributed by atoms with E-state index in [0.717, 1.165) is 5.01 Å². The van der Waals surface area contributed by atoms with Crippen LogP contribution in [0.2, 0.25) is 0 Å². The molecule has 2 rings (SSSR count). The lowest BCUT2D eigenvalue weighted by atomic mass is 10.2. The van der Waals surface area contributed by atoms with Crippen molar-refractivity contribution < 1.29 is 23.9 Å². The molecule has 1 aromatic rings. The molecule has 0 radical (unpaired) electrons. The van der Waals surface area contributed by atoms with Crippen LogP contribution in [0, 0.1) is 0 Å². The predicted octanol–water partition coefficient (Wildman–Crippen LogP) is 3.13. The molecule has 29 heavy (non-hydrogen) atoms. The molecule has 8 heteroatoms. The van der Waals surface area contributed by atoms with Crippen molar-refractivity contribution in [3.8, 4) is 0 Å². The standard InChI is InChI=1S/C21H27N3O5/c1-5-14-28-19(26)22-24(20(27)29-21(2,3)4)15-17-12-9-13-23(17)18(25)16-10-7-6-8-11-16/h5-12,17H,1,13-15H2,2-4H3,(H,22,26). The number of hydrazine groups is 1. The fourth-order valence-electron chi connectivity index (χ4n) is 2.66. The van der Waals surface area contributed by atoms with Crippen LogP contribution in [-0.2, 0) is 9.47 Å². The van der Waals surface area contributed by atoms with Gasteiger partial charge in [0.15, 0.2) is 0 Å². The first kappa shape index (κ1) is 22.0. The van der Waals surface area contributed by atoms with Gasteiger partial charge < -0.3 is 14.4 Å². The Bertz CT molecular complexity index is 770. The topological polar surface area (TPSA) is 88.2 Å². The molecule has 0 saturated heterocycles. The average molecular weight is 401 g/mol. The van der Waals surface area contributed by atoms with Crippen LogP contribution in [0.1, 0.15) is 31.1 Å². The highest BCUT2D eigenvalue weighted by Gasteiger charge is 2.32. The van der Waals surface area contributed by atoms with Crippen molar-refractivity contribution in [3.05, 3.63) is 60.7 Å². The molecular weight excluding hydrogens is 374 g/mol. The van der Waals surface area contributed by atoms with Gasteiger partial charge in [-0.3, -0.25) is 4.79 Å². The van der Waals surface area contributed by atoms with Crippen molar-refractivity contribution >= 4 is 18.1 Å². The lowest BCUT2D eigenvalue weighted by molar-refractivity contribution is 0.00836. The van der Waals surface area contributed by atoms with E-state index in [1.165, 1.54) is 6.08 Å². The molecule has 0 aromatic heterocycles. The highest BCUT2D eigenvalue weighted by Crippen LogP contribution is 2.17. The van der Waals surface area contributed by atoms with Crippen LogP contribution in [0.4, 0.5) is 9.59 Å². The summed E-state index contributed by atoms with van der Waals surface area (Å²) in [4.78, 5) is 39.0. The second-order valence-corrected chi connectivity index (χ2v) is 7.41. The zero-order valence-corrected chi connectivity index (χ0v) is 17.0. The second-order valence-electron chi connectivity index (χ2n) is 7.41. The quantitative estimate of drug-likeness (QED) is 0.605. The van der Waals surface area contributed by atoms with Crippen molar-refractivity contribution in [3.63, 3.8) is 0 Å². The van der Waals surface area contributed by atoms with Gasteiger partial charge in [0.1, 0.15) is 12.2 Å². The van der Waals surface area contributed by atoms with Crippen molar-refractivity contribution in [1.82, 2.24) is 15.3 Å². The van der Waals surface area contributed by atoms with E-state index >= 15 is 0 Å². The maximum Gasteiger partial charge on any atom is 0.429 e. The molecule has 156 valence electrons. The summed E-state index contributed by atoms with van der Waals surface area (Å²) >= 11 is 0. The lowest BCUT2D eigenvalue weighted by Gasteiger charge is -2.32. The van der Waals surface area contributed by atoms with Gasteiger partial charge in [-0.25, -0.2) is 20.0 Å². The van der Waals surface area contributed by atoms with Gasteiger partial charge in [0, 0.05) is 12.1 Å². The minimum absolute atomic E-state index is 0.00403. The third-order valence-electron chi connectivity index (χ3n) is 3.88. The first-order valence-corrected chi connectivity index (χ1v) is 9.29. The van der Waals surface area contributed by atoms with Gasteiger partial charge in [0.05, 0.1) is 12.6 Å². The van der Waals surface area contributed by atoms with Crippen LogP contribution in [0.5, 0.6) is 0 Å². The van der Waals surface area contributed by atoms with Crippen LogP contribution in [0.3, 0.4) is 0 Å². The van der Waals surface area contributed by atoms with Gasteiger partial charge in [0.2, 0.25) is 0 Å². The molecule has 1 unspecified atom stereocenters. The van der Waals surface area contributed by atoms with E-state index in [9.17, 15) is 14.4 Å². The minimum Gasteiger partial charge on any atom is -0.444 e. The first-order chi connectivity index (χ1) is 13.7. The Morgan fingerprint density at radius 1 is 1.28 bits per heavy atom. The largest absolute Gasteiger partial charge is 0.444 e. The van der Waals surface area contributed by atoms with E-state index in [-0.39, 0.29) is 19.1 Å². The third kappa shape index (κ3) is 6.67. The summed E-state index contributed by atoms with van der Waals surface area (Å²) in [5.41, 5.74) is 2.17. The summed E-state index contributed by atoms with van der Waals surface area (Å²) in [6, 6.07) is 8.43. The Labute approximate surface area is 170 Å². The van der Waals surface area contributed by atoms with E-state index in [1.807, 2.05) is 18.2 Å². The average Bonchev–Trinajstić information content (AvgIpc) is 3.12. The SMILES string of the molecule is C=CCOC(=O)NN(CC1C=CCN1C(=O)c1ccccc1)C(=O)OC(C)(C)C. The van der Waals surface area contributed by atoms with Crippen molar-refractivity contribution in [1.29, 1.82) is 0 Å². The molecule has 0 spiro atoms. The van der Waals surface area contributed by atoms with Crippen molar-refractivity contribution in [2.24, 2.45) is 0 Å². The number of nitrogens with zero attached hydrogens (tertiary/aromatic N) is 2. The molecule has 1 heterocycles. The van der Waals surface area contributed by atoms with Crippen LogP contribution in [-0.4, -0.2) is 59.3 Å². The molecule has 0 aliphatic carbocycles. The van der Waals surface area contributed by atoms with Crippen molar-refractivity contribution in [2.75, 3.05) is 19.7 Å². The molecule has 1 aliphatic rings. The van der Waals surface area contributed by atoms with E-state index in [2.05, 4.69) is 12.0 Å². The second kappa shape index (κ2) is 9.77. The number of rotatable bonds is 5. The van der Waals surface area contributed by atoms with Gasteiger partial charge in [-0.2, -0.15) is 0 Å². The Kier molecular flexibility index (Phi) is 7.41. The van der Waals surface area contributed by atoms with Crippen LogP contribution in [0.15, 0.2) is 55.1 Å². The van der Waals surface area contributed by atoms with Crippen molar-refractivity contribution in [2.45, 2.75) is 32.4 Å². The summed E-state index contributed by atoms with van der Waals surface area (Å²) in [6.45, 7) is 9.05. The summed E-state index contributed by atoms with van der Waals surface area (Å²) in [6.07, 6.45) is 3.50. The number of benzene rings is 1. The number of carbonyl (C=O) groups excluding carboxylic acids is 3. The number of hydrogen-bond donors (Lipinski definition) is 1. The molecule has 1 atom stereocenters. The van der Waals surface area contributed by atoms with Gasteiger partial charge >= 0.3 is 12.2 Å². The number of amides is 3. The summed E-state index contributed by atoms with van der Waals surface area (Å²) in [5.74, 6) is -0.168. The summed E-state index contributed by atoms with van der Waals surface area (Å²) < 4.78 is 10.3. The zero-order chi connectivity index (χ0) is 21.4. The molecule has 1 aliphatic heterocycles. The highest BCUT2D eigenvalue weighted by molar-refractivity contribution is 5.95. The number of hydrogen-bond acceptors (Lipinski definition) is 5. The van der Waals surface area contributed by atoms with Gasteiger partial charge in [0.25, 0.3) is 5.91 Å². The molecule has 1 N–H and O–H groups in total. The van der Waals surface area contributed by atoms with Crippen LogP contribution >= 0.6 is 0 Å². The molecule has 1 aromatic carbocycles. The number of carbonyl (C=O) groups is 3. The maximum absolute atomic E-state index is 12.8. The monoisotopic (exact) mass is 401 g/mol.